The van der Waals surface area contributed by atoms with E-state index in [1.807, 2.05) is 5.32 Å². The largest absolute Gasteiger partial charge is 0.399 e. The summed E-state index contributed by atoms with van der Waals surface area (Å²) in [6, 6.07) is 5.21. The highest BCUT2D eigenvalue weighted by Gasteiger charge is 2.14. The standard InChI is InChI=1S/C11H16N2/c12-11-5-3-9(4-6-11)10-2-1-7-13-8-10/h3-6,10,13H,1-2,7-8,12H2/i1D2,2D2,7D2,8D2,10D. The predicted octanol–water partition coefficient (Wildman–Crippen LogP) is 1.74. The first-order chi connectivity index (χ1) is 9.71. The van der Waals surface area contributed by atoms with E-state index < -0.39 is 31.6 Å². The summed E-state index contributed by atoms with van der Waals surface area (Å²) in [6.45, 7) is -5.85. The molecule has 1 heterocycles. The van der Waals surface area contributed by atoms with E-state index in [9.17, 15) is 0 Å². The van der Waals surface area contributed by atoms with Gasteiger partial charge in [-0.3, -0.25) is 0 Å². The molecule has 0 radical (unpaired) electrons. The second-order valence-electron chi connectivity index (χ2n) is 2.62. The summed E-state index contributed by atoms with van der Waals surface area (Å²) in [5.41, 5.74) is 5.73. The van der Waals surface area contributed by atoms with E-state index in [0.717, 1.165) is 0 Å². The summed E-state index contributed by atoms with van der Waals surface area (Å²) in [6.07, 6.45) is -6.30. The van der Waals surface area contributed by atoms with E-state index in [1.165, 1.54) is 24.3 Å². The van der Waals surface area contributed by atoms with Crippen LogP contribution in [0.15, 0.2) is 24.3 Å². The molecule has 2 heteroatoms. The van der Waals surface area contributed by atoms with Crippen LogP contribution in [0, 0.1) is 0 Å². The molecule has 0 amide bonds. The van der Waals surface area contributed by atoms with Gasteiger partial charge in [0.1, 0.15) is 0 Å². The van der Waals surface area contributed by atoms with Gasteiger partial charge in [0.15, 0.2) is 0 Å². The minimum atomic E-state index is -3.16. The van der Waals surface area contributed by atoms with Crippen LogP contribution in [0.1, 0.15) is 36.5 Å². The van der Waals surface area contributed by atoms with Crippen molar-refractivity contribution >= 4 is 5.69 Å². The molecule has 0 spiro atoms. The zero-order valence-electron chi connectivity index (χ0n) is 15.9. The summed E-state index contributed by atoms with van der Waals surface area (Å²) in [5, 5.41) is 1.81. The van der Waals surface area contributed by atoms with Crippen molar-refractivity contribution in [3.05, 3.63) is 29.8 Å². The Morgan fingerprint density at radius 1 is 1.46 bits per heavy atom. The molecule has 13 heavy (non-hydrogen) atoms. The maximum absolute atomic E-state index is 8.41. The van der Waals surface area contributed by atoms with Crippen LogP contribution >= 0.6 is 0 Å². The lowest BCUT2D eigenvalue weighted by atomic mass is 9.92. The maximum Gasteiger partial charge on any atom is 0.0434 e. The lowest BCUT2D eigenvalue weighted by Crippen LogP contribution is -2.28. The molecule has 1 aromatic carbocycles. The number of anilines is 1. The highest BCUT2D eigenvalue weighted by atomic mass is 14.9. The molecule has 0 aromatic heterocycles. The Hall–Kier alpha value is -1.02. The molecule has 3 N–H and O–H groups in total. The first-order valence-electron chi connectivity index (χ1n) is 8.36. The van der Waals surface area contributed by atoms with Crippen LogP contribution in [0.5, 0.6) is 0 Å². The van der Waals surface area contributed by atoms with Crippen molar-refractivity contribution in [3.63, 3.8) is 0 Å². The average Bonchev–Trinajstić information content (AvgIpc) is 2.35. The van der Waals surface area contributed by atoms with Crippen LogP contribution in [-0.4, -0.2) is 13.0 Å². The van der Waals surface area contributed by atoms with Crippen LogP contribution in [-0.2, 0) is 0 Å². The zero-order chi connectivity index (χ0) is 17.2. The number of hydrogen-bond acceptors (Lipinski definition) is 2. The van der Waals surface area contributed by atoms with E-state index in [1.54, 1.807) is 0 Å². The van der Waals surface area contributed by atoms with Gasteiger partial charge in [-0.1, -0.05) is 12.1 Å². The third-order valence-corrected chi connectivity index (χ3v) is 1.70. The van der Waals surface area contributed by atoms with E-state index in [0.29, 0.717) is 5.69 Å². The fraction of sp³-hybridized carbons (Fsp3) is 0.455. The fourth-order valence-corrected chi connectivity index (χ4v) is 1.04. The lowest BCUT2D eigenvalue weighted by molar-refractivity contribution is 0.461. The van der Waals surface area contributed by atoms with Crippen molar-refractivity contribution in [2.45, 2.75) is 18.6 Å². The van der Waals surface area contributed by atoms with Crippen LogP contribution in [0.3, 0.4) is 0 Å². The molecule has 0 saturated carbocycles. The van der Waals surface area contributed by atoms with Crippen molar-refractivity contribution in [1.29, 1.82) is 0 Å². The Bertz CT molecular complexity index is 584. The third kappa shape index (κ3) is 2.01. The van der Waals surface area contributed by atoms with Crippen LogP contribution in [0.4, 0.5) is 5.69 Å². The molecule has 1 aliphatic rings. The maximum atomic E-state index is 8.41. The van der Waals surface area contributed by atoms with Gasteiger partial charge in [0, 0.05) is 24.5 Å². The Morgan fingerprint density at radius 2 is 2.23 bits per heavy atom. The lowest BCUT2D eigenvalue weighted by Gasteiger charge is -2.23. The second kappa shape index (κ2) is 3.79. The van der Waals surface area contributed by atoms with E-state index in [-0.39, 0.29) is 5.56 Å². The molecule has 1 aliphatic heterocycles. The molecular weight excluding hydrogens is 160 g/mol. The highest BCUT2D eigenvalue weighted by molar-refractivity contribution is 5.40. The van der Waals surface area contributed by atoms with Crippen LogP contribution < -0.4 is 11.1 Å². The molecule has 2 nitrogen and oxygen atoms in total. The van der Waals surface area contributed by atoms with Crippen LogP contribution in [0.25, 0.3) is 0 Å². The summed E-state index contributed by atoms with van der Waals surface area (Å²) in [7, 11) is 0. The van der Waals surface area contributed by atoms with Gasteiger partial charge in [0.05, 0.1) is 0 Å². The van der Waals surface area contributed by atoms with Gasteiger partial charge >= 0.3 is 0 Å². The smallest absolute Gasteiger partial charge is 0.0434 e. The first kappa shape index (κ1) is 2.99. The van der Waals surface area contributed by atoms with E-state index in [2.05, 4.69) is 0 Å². The molecule has 1 aromatic rings. The molecule has 70 valence electrons. The number of piperidine rings is 1. The van der Waals surface area contributed by atoms with Gasteiger partial charge in [0.25, 0.3) is 0 Å². The molecule has 2 rings (SSSR count). The quantitative estimate of drug-likeness (QED) is 0.654. The Balaban J connectivity index is 2.74. The molecule has 1 saturated heterocycles. The Labute approximate surface area is 91.8 Å². The summed E-state index contributed by atoms with van der Waals surface area (Å²) in [4.78, 5) is 0. The minimum absolute atomic E-state index is 0.136. The fourth-order valence-electron chi connectivity index (χ4n) is 1.04. The summed E-state index contributed by atoms with van der Waals surface area (Å²) < 4.78 is 71.2. The monoisotopic (exact) mass is 185 g/mol. The van der Waals surface area contributed by atoms with Crippen LogP contribution in [0.2, 0.25) is 0 Å². The molecule has 1 atom stereocenters. The molecule has 1 unspecified atom stereocenters. The number of rotatable bonds is 1. The molecule has 0 aliphatic carbocycles. The predicted molar refractivity (Wildman–Crippen MR) is 55.7 cm³/mol. The Kier molecular flexibility index (Phi) is 0.872. The number of nitrogens with one attached hydrogen (secondary N) is 1. The Morgan fingerprint density at radius 3 is 3.00 bits per heavy atom. The number of nitrogen functional groups attached to an aromatic ring is 1. The average molecular weight is 185 g/mol. The van der Waals surface area contributed by atoms with Crippen molar-refractivity contribution < 1.29 is 12.3 Å². The van der Waals surface area contributed by atoms with Gasteiger partial charge in [-0.25, -0.2) is 0 Å². The topological polar surface area (TPSA) is 38.0 Å². The SMILES string of the molecule is [2H]C1([2H])NC([2H])([2H])C([2H])(c2ccc(N)cc2)C([2H])([2H])C1([2H])[2H]. The second-order valence-corrected chi connectivity index (χ2v) is 2.62. The normalized spacial score (nSPS) is 54.3. The number of benzene rings is 1. The minimum Gasteiger partial charge on any atom is -0.399 e. The number of hydrogen-bond donors (Lipinski definition) is 2. The van der Waals surface area contributed by atoms with Gasteiger partial charge in [-0.05, 0) is 42.8 Å². The van der Waals surface area contributed by atoms with Gasteiger partial charge in [0.2, 0.25) is 0 Å². The number of nitrogens with two attached hydrogens (primary N) is 1. The van der Waals surface area contributed by atoms with Crippen molar-refractivity contribution in [2.24, 2.45) is 0 Å². The molecular formula is C11H16N2. The summed E-state index contributed by atoms with van der Waals surface area (Å²) in [5.74, 6) is -2.72. The van der Waals surface area contributed by atoms with Crippen molar-refractivity contribution in [3.8, 4) is 0 Å². The molecule has 0 bridgehead atoms. The highest BCUT2D eigenvalue weighted by Crippen LogP contribution is 2.23. The zero-order valence-corrected chi connectivity index (χ0v) is 6.89. The molecule has 1 fully saturated rings. The van der Waals surface area contributed by atoms with Crippen molar-refractivity contribution in [2.75, 3.05) is 18.7 Å². The van der Waals surface area contributed by atoms with Gasteiger partial charge < -0.3 is 11.1 Å². The third-order valence-electron chi connectivity index (χ3n) is 1.70. The first-order valence-corrected chi connectivity index (χ1v) is 3.86. The van der Waals surface area contributed by atoms with Gasteiger partial charge in [-0.15, -0.1) is 0 Å². The van der Waals surface area contributed by atoms with E-state index in [4.69, 9.17) is 18.1 Å². The summed E-state index contributed by atoms with van der Waals surface area (Å²) >= 11 is 0. The van der Waals surface area contributed by atoms with E-state index >= 15 is 0 Å². The van der Waals surface area contributed by atoms with Gasteiger partial charge in [-0.2, -0.15) is 0 Å². The van der Waals surface area contributed by atoms with Crippen molar-refractivity contribution in [1.82, 2.24) is 5.32 Å².